The Labute approximate surface area is 203 Å². The molecular weight excluding hydrogens is 484 g/mol. The predicted octanol–water partition coefficient (Wildman–Crippen LogP) is 4.19. The first kappa shape index (κ1) is 47.0. The van der Waals surface area contributed by atoms with E-state index < -0.39 is 8.32 Å². The largest absolute Gasteiger partial charge is 2.00 e. The van der Waals surface area contributed by atoms with Gasteiger partial charge in [0.1, 0.15) is 0 Å². The third-order valence-electron chi connectivity index (χ3n) is 2.28. The Bertz CT molecular complexity index is 504. The Kier molecular flexibility index (Phi) is 66.1. The normalized spacial score (nSPS) is 9.27. The third-order valence-corrected chi connectivity index (χ3v) is 3.11. The van der Waals surface area contributed by atoms with Gasteiger partial charge in [0, 0.05) is 17.4 Å². The monoisotopic (exact) mass is 506 g/mol. The van der Waals surface area contributed by atoms with Gasteiger partial charge in [-0.15, -0.1) is 17.7 Å². The molecule has 1 saturated carbocycles. The van der Waals surface area contributed by atoms with E-state index in [-0.39, 0.29) is 34.4 Å². The summed E-state index contributed by atoms with van der Waals surface area (Å²) in [5.41, 5.74) is 2.45. The average Bonchev–Trinajstić information content (AvgIpc) is 3.35. The van der Waals surface area contributed by atoms with Gasteiger partial charge in [0.2, 0.25) is 0 Å². The van der Waals surface area contributed by atoms with Gasteiger partial charge in [-0.05, 0) is 51.7 Å². The molecule has 5 radical (unpaired) electrons. The maximum atomic E-state index is 7.50. The van der Waals surface area contributed by atoms with Gasteiger partial charge in [0.25, 0.3) is 0 Å². The fourth-order valence-corrected chi connectivity index (χ4v) is 1.76. The summed E-state index contributed by atoms with van der Waals surface area (Å²) in [5.74, 6) is 0. The van der Waals surface area contributed by atoms with Crippen LogP contribution in [0.25, 0.3) is 0 Å². The van der Waals surface area contributed by atoms with E-state index in [4.69, 9.17) is 27.7 Å². The summed E-state index contributed by atoms with van der Waals surface area (Å²) in [6.45, 7) is 33.0. The van der Waals surface area contributed by atoms with Gasteiger partial charge >= 0.3 is 73.6 Å². The first-order valence-corrected chi connectivity index (χ1v) is 10.7. The van der Waals surface area contributed by atoms with Gasteiger partial charge in [0.15, 0.2) is 8.32 Å². The van der Waals surface area contributed by atoms with Crippen molar-refractivity contribution in [3.63, 3.8) is 0 Å². The molecule has 2 rings (SSSR count). The summed E-state index contributed by atoms with van der Waals surface area (Å²) in [7, 11) is -1.42. The van der Waals surface area contributed by atoms with Crippen LogP contribution in [0.3, 0.4) is 0 Å². The SMILES string of the molecule is Cc1ccccc1[CH-]O[Si](C)(C)C.[C-]#[O+].[C-]#[O+].[C-]#[O+].[C-]#[O+].[C-]#[O+].[CH]1[CH][CH][CH][CH]1.[Cr].[Fe+2]. The van der Waals surface area contributed by atoms with E-state index in [0.29, 0.717) is 0 Å². The molecule has 0 bridgehead atoms. The summed E-state index contributed by atoms with van der Waals surface area (Å²) >= 11 is 0. The van der Waals surface area contributed by atoms with Crippen molar-refractivity contribution in [1.82, 2.24) is 0 Å². The Morgan fingerprint density at radius 2 is 1.00 bits per heavy atom. The van der Waals surface area contributed by atoms with Crippen molar-refractivity contribution >= 4 is 8.32 Å². The Balaban J connectivity index is -0.0000000526. The number of rotatable bonds is 3. The van der Waals surface area contributed by atoms with Crippen molar-refractivity contribution in [3.8, 4) is 0 Å². The molecule has 0 atom stereocenters. The molecule has 0 spiro atoms. The molecule has 0 N–H and O–H groups in total. The molecule has 0 amide bonds. The molecule has 159 valence electrons. The molecule has 1 aromatic carbocycles. The average molecular weight is 506 g/mol. The van der Waals surface area contributed by atoms with Crippen LogP contribution < -0.4 is 0 Å². The van der Waals surface area contributed by atoms with Gasteiger partial charge in [-0.1, -0.05) is 19.6 Å². The van der Waals surface area contributed by atoms with Crippen LogP contribution in [0.5, 0.6) is 0 Å². The molecule has 1 fully saturated rings. The van der Waals surface area contributed by atoms with Crippen LogP contribution >= 0.6 is 0 Å². The van der Waals surface area contributed by atoms with Gasteiger partial charge in [0.05, 0.1) is 0 Å². The molecule has 1 aromatic rings. The fourth-order valence-electron chi connectivity index (χ4n) is 1.28. The van der Waals surface area contributed by atoms with E-state index in [2.05, 4.69) is 71.9 Å². The van der Waals surface area contributed by atoms with Crippen LogP contribution in [0, 0.1) is 78.9 Å². The number of aryl methyl sites for hydroxylation is 1. The number of hydrogen-bond donors (Lipinski definition) is 0. The minimum atomic E-state index is -1.42. The minimum absolute atomic E-state index is 0. The molecule has 1 aliphatic carbocycles. The molecule has 9 heteroatoms. The van der Waals surface area contributed by atoms with Crippen LogP contribution in [0.2, 0.25) is 19.6 Å². The van der Waals surface area contributed by atoms with Crippen molar-refractivity contribution in [3.05, 3.63) is 107 Å². The molecule has 0 heterocycles. The molecule has 1 aliphatic rings. The molecule has 6 nitrogen and oxygen atoms in total. The third kappa shape index (κ3) is 41.4. The second-order valence-electron chi connectivity index (χ2n) is 5.17. The first-order valence-electron chi connectivity index (χ1n) is 7.24. The second-order valence-corrected chi connectivity index (χ2v) is 9.63. The Morgan fingerprint density at radius 3 is 1.27 bits per heavy atom. The van der Waals surface area contributed by atoms with E-state index in [1.807, 2.05) is 50.8 Å². The summed E-state index contributed by atoms with van der Waals surface area (Å²) < 4.78 is 43.2. The maximum Gasteiger partial charge on any atom is 2.00 e. The van der Waals surface area contributed by atoms with Gasteiger partial charge in [-0.3, -0.25) is 0 Å². The van der Waals surface area contributed by atoms with Crippen LogP contribution in [-0.2, 0) is 62.1 Å². The quantitative estimate of drug-likeness (QED) is 0.342. The zero-order chi connectivity index (χ0) is 23.4. The number of hydrogen-bond acceptors (Lipinski definition) is 1. The predicted molar refractivity (Wildman–Crippen MR) is 100 cm³/mol. The van der Waals surface area contributed by atoms with Crippen molar-refractivity contribution in [2.75, 3.05) is 0 Å². The zero-order valence-corrected chi connectivity index (χ0v) is 20.4. The van der Waals surface area contributed by atoms with Crippen molar-refractivity contribution < 1.29 is 62.1 Å². The Hall–Kier alpha value is -0.981. The van der Waals surface area contributed by atoms with Gasteiger partial charge in [-0.25, -0.2) is 0 Å². The molecular formula is C21H22CrFeO6Si+. The molecule has 0 saturated heterocycles. The van der Waals surface area contributed by atoms with E-state index in [0.717, 1.165) is 0 Å². The topological polar surface area (TPSA) is 109 Å². The van der Waals surface area contributed by atoms with E-state index in [9.17, 15) is 0 Å². The summed E-state index contributed by atoms with van der Waals surface area (Å²) in [5, 5.41) is 0. The second kappa shape index (κ2) is 42.2. The van der Waals surface area contributed by atoms with Crippen LogP contribution in [0.1, 0.15) is 11.1 Å². The maximum absolute atomic E-state index is 7.50. The zero-order valence-electron chi connectivity index (χ0n) is 17.0. The summed E-state index contributed by atoms with van der Waals surface area (Å²) in [6, 6.07) is 8.25. The van der Waals surface area contributed by atoms with Crippen molar-refractivity contribution in [2.45, 2.75) is 26.6 Å². The van der Waals surface area contributed by atoms with E-state index in [1.165, 1.54) is 11.1 Å². The van der Waals surface area contributed by atoms with Gasteiger partial charge in [-0.2, -0.15) is 11.6 Å². The van der Waals surface area contributed by atoms with E-state index >= 15 is 0 Å². The number of benzene rings is 1. The van der Waals surface area contributed by atoms with Crippen molar-refractivity contribution in [1.29, 1.82) is 0 Å². The molecule has 0 unspecified atom stereocenters. The molecule has 30 heavy (non-hydrogen) atoms. The standard InChI is InChI=1S/C11H17OSi.C5H5.5CO.Cr.Fe/c1-10-7-5-6-8-11(10)9-12-13(2,3)4;1-2-4-5-3-1;5*1-2;;/h5-9H,1-4H3;1-5H;;;;;;;/q-1;;;;;;;;+2. The summed E-state index contributed by atoms with van der Waals surface area (Å²) in [6.07, 6.45) is 10.0. The Morgan fingerprint density at radius 1 is 0.700 bits per heavy atom. The van der Waals surface area contributed by atoms with Crippen LogP contribution in [0.4, 0.5) is 0 Å². The van der Waals surface area contributed by atoms with E-state index in [1.54, 1.807) is 0 Å². The smallest absolute Gasteiger partial charge is 0.0312 e. The molecule has 0 aliphatic heterocycles. The van der Waals surface area contributed by atoms with Crippen LogP contribution in [0.15, 0.2) is 24.3 Å². The van der Waals surface area contributed by atoms with Crippen molar-refractivity contribution in [2.24, 2.45) is 0 Å². The minimum Gasteiger partial charge on any atom is -0.0312 e. The fraction of sp³-hybridized carbons (Fsp3) is 0.190. The first-order chi connectivity index (χ1) is 13.5. The van der Waals surface area contributed by atoms with Gasteiger partial charge < -0.3 is 4.43 Å². The molecule has 0 aromatic heterocycles. The van der Waals surface area contributed by atoms with Crippen LogP contribution in [-0.4, -0.2) is 8.32 Å². The summed E-state index contributed by atoms with van der Waals surface area (Å²) in [4.78, 5) is 0.